The summed E-state index contributed by atoms with van der Waals surface area (Å²) in [4.78, 5) is 33.8. The summed E-state index contributed by atoms with van der Waals surface area (Å²) in [5.41, 5.74) is 3.03. The Labute approximate surface area is 207 Å². The van der Waals surface area contributed by atoms with Gasteiger partial charge in [0.05, 0.1) is 0 Å². The van der Waals surface area contributed by atoms with E-state index in [0.717, 1.165) is 61.7 Å². The van der Waals surface area contributed by atoms with Gasteiger partial charge < -0.3 is 19.5 Å². The van der Waals surface area contributed by atoms with Crippen LogP contribution in [-0.2, 0) is 16.0 Å². The minimum atomic E-state index is 0.0528. The van der Waals surface area contributed by atoms with Crippen LogP contribution >= 0.6 is 0 Å². The maximum atomic E-state index is 13.4. The number of hydrogen-bond donors (Lipinski definition) is 1. The summed E-state index contributed by atoms with van der Waals surface area (Å²) < 4.78 is 5.48. The largest absolute Gasteiger partial charge is 0.381 e. The summed E-state index contributed by atoms with van der Waals surface area (Å²) in [6.07, 6.45) is 6.16. The van der Waals surface area contributed by atoms with Gasteiger partial charge >= 0.3 is 0 Å². The monoisotopic (exact) mass is 473 g/mol. The number of aromatic nitrogens is 1. The Morgan fingerprint density at radius 2 is 1.77 bits per heavy atom. The molecule has 0 spiro atoms. The van der Waals surface area contributed by atoms with Gasteiger partial charge in [-0.1, -0.05) is 30.3 Å². The number of hydrogen-bond acceptors (Lipinski definition) is 3. The highest BCUT2D eigenvalue weighted by Gasteiger charge is 2.35. The van der Waals surface area contributed by atoms with Crippen molar-refractivity contribution < 1.29 is 14.3 Å². The molecule has 0 saturated carbocycles. The van der Waals surface area contributed by atoms with Gasteiger partial charge in [0, 0.05) is 68.0 Å². The summed E-state index contributed by atoms with van der Waals surface area (Å²) >= 11 is 0. The summed E-state index contributed by atoms with van der Waals surface area (Å²) in [5.74, 6) is 0.752. The number of carbonyl (C=O) groups is 2. The van der Waals surface area contributed by atoms with E-state index in [1.165, 1.54) is 5.56 Å². The van der Waals surface area contributed by atoms with Crippen molar-refractivity contribution in [2.45, 2.75) is 38.1 Å². The SMILES string of the molecule is CN(C(=O)C1CCOCC1)C(Cc1ccccc1)C1CCN(C(=O)c2ccc3[nH]ccc3c2)CC1. The number of ether oxygens (including phenoxy) is 1. The molecule has 184 valence electrons. The van der Waals surface area contributed by atoms with Gasteiger partial charge in [0.1, 0.15) is 0 Å². The lowest BCUT2D eigenvalue weighted by molar-refractivity contribution is -0.140. The lowest BCUT2D eigenvalue weighted by Crippen LogP contribution is -2.50. The lowest BCUT2D eigenvalue weighted by atomic mass is 9.84. The molecule has 2 amide bonds. The number of piperidine rings is 1. The van der Waals surface area contributed by atoms with Crippen LogP contribution in [-0.4, -0.2) is 66.0 Å². The highest BCUT2D eigenvalue weighted by Crippen LogP contribution is 2.29. The van der Waals surface area contributed by atoms with Crippen LogP contribution in [0.2, 0.25) is 0 Å². The maximum Gasteiger partial charge on any atom is 0.253 e. The highest BCUT2D eigenvalue weighted by molar-refractivity contribution is 5.98. The van der Waals surface area contributed by atoms with Crippen LogP contribution in [0, 0.1) is 11.8 Å². The number of aromatic amines is 1. The van der Waals surface area contributed by atoms with E-state index in [-0.39, 0.29) is 23.8 Å². The smallest absolute Gasteiger partial charge is 0.253 e. The average molecular weight is 474 g/mol. The van der Waals surface area contributed by atoms with Crippen molar-refractivity contribution in [3.05, 3.63) is 71.9 Å². The third-order valence-corrected chi connectivity index (χ3v) is 7.87. The first-order valence-electron chi connectivity index (χ1n) is 12.8. The summed E-state index contributed by atoms with van der Waals surface area (Å²) in [5, 5.41) is 1.06. The van der Waals surface area contributed by atoms with Crippen LogP contribution in [0.5, 0.6) is 0 Å². The Morgan fingerprint density at radius 1 is 1.03 bits per heavy atom. The fraction of sp³-hybridized carbons (Fsp3) is 0.448. The Bertz CT molecular complexity index is 1140. The zero-order chi connectivity index (χ0) is 24.2. The minimum absolute atomic E-state index is 0.0528. The molecule has 2 fully saturated rings. The second-order valence-corrected chi connectivity index (χ2v) is 10.0. The maximum absolute atomic E-state index is 13.4. The molecule has 1 atom stereocenters. The van der Waals surface area contributed by atoms with Crippen molar-refractivity contribution in [2.24, 2.45) is 11.8 Å². The number of fused-ring (bicyclic) bond motifs is 1. The van der Waals surface area contributed by atoms with Crippen molar-refractivity contribution in [2.75, 3.05) is 33.4 Å². The molecular formula is C29H35N3O3. The molecule has 0 aliphatic carbocycles. The molecule has 5 rings (SSSR count). The van der Waals surface area contributed by atoms with Crippen LogP contribution in [0.1, 0.15) is 41.6 Å². The van der Waals surface area contributed by atoms with E-state index in [9.17, 15) is 9.59 Å². The van der Waals surface area contributed by atoms with Gasteiger partial charge in [0.2, 0.25) is 5.91 Å². The fourth-order valence-corrected chi connectivity index (χ4v) is 5.73. The fourth-order valence-electron chi connectivity index (χ4n) is 5.73. The van der Waals surface area contributed by atoms with Crippen LogP contribution in [0.15, 0.2) is 60.8 Å². The molecular weight excluding hydrogens is 438 g/mol. The molecule has 2 aliphatic heterocycles. The lowest BCUT2D eigenvalue weighted by Gasteiger charge is -2.41. The van der Waals surface area contributed by atoms with Crippen molar-refractivity contribution in [3.8, 4) is 0 Å². The third kappa shape index (κ3) is 5.27. The second kappa shape index (κ2) is 10.6. The summed E-state index contributed by atoms with van der Waals surface area (Å²) in [7, 11) is 1.98. The zero-order valence-corrected chi connectivity index (χ0v) is 20.5. The molecule has 1 unspecified atom stereocenters. The second-order valence-electron chi connectivity index (χ2n) is 10.0. The molecule has 6 heteroatoms. The van der Waals surface area contributed by atoms with Gasteiger partial charge in [0.25, 0.3) is 5.91 Å². The van der Waals surface area contributed by atoms with Gasteiger partial charge in [0.15, 0.2) is 0 Å². The first-order chi connectivity index (χ1) is 17.1. The molecule has 1 aromatic heterocycles. The zero-order valence-electron chi connectivity index (χ0n) is 20.5. The first-order valence-corrected chi connectivity index (χ1v) is 12.8. The van der Waals surface area contributed by atoms with E-state index >= 15 is 0 Å². The van der Waals surface area contributed by atoms with Crippen LogP contribution in [0.4, 0.5) is 0 Å². The Kier molecular flexibility index (Phi) is 7.19. The molecule has 2 aromatic carbocycles. The van der Waals surface area contributed by atoms with Crippen molar-refractivity contribution >= 4 is 22.7 Å². The predicted octanol–water partition coefficient (Wildman–Crippen LogP) is 4.52. The normalized spacial score (nSPS) is 18.5. The van der Waals surface area contributed by atoms with E-state index in [1.54, 1.807) is 0 Å². The Balaban J connectivity index is 1.28. The number of H-pyrrole nitrogens is 1. The van der Waals surface area contributed by atoms with Crippen molar-refractivity contribution in [3.63, 3.8) is 0 Å². The predicted molar refractivity (Wildman–Crippen MR) is 137 cm³/mol. The number of likely N-dealkylation sites (tertiary alicyclic amines) is 1. The van der Waals surface area contributed by atoms with Crippen LogP contribution in [0.3, 0.4) is 0 Å². The molecule has 2 saturated heterocycles. The van der Waals surface area contributed by atoms with E-state index in [1.807, 2.05) is 53.4 Å². The number of amides is 2. The molecule has 0 bridgehead atoms. The quantitative estimate of drug-likeness (QED) is 0.573. The van der Waals surface area contributed by atoms with Gasteiger partial charge in [-0.2, -0.15) is 0 Å². The molecule has 2 aliphatic rings. The summed E-state index contributed by atoms with van der Waals surface area (Å²) in [6, 6.07) is 18.4. The van der Waals surface area contributed by atoms with Gasteiger partial charge in [-0.3, -0.25) is 9.59 Å². The van der Waals surface area contributed by atoms with Gasteiger partial charge in [-0.25, -0.2) is 0 Å². The number of likely N-dealkylation sites (N-methyl/N-ethyl adjacent to an activating group) is 1. The highest BCUT2D eigenvalue weighted by atomic mass is 16.5. The number of nitrogens with one attached hydrogen (secondary N) is 1. The minimum Gasteiger partial charge on any atom is -0.381 e. The van der Waals surface area contributed by atoms with Crippen molar-refractivity contribution in [1.82, 2.24) is 14.8 Å². The van der Waals surface area contributed by atoms with Crippen LogP contribution in [0.25, 0.3) is 10.9 Å². The average Bonchev–Trinajstić information content (AvgIpc) is 3.40. The van der Waals surface area contributed by atoms with E-state index < -0.39 is 0 Å². The molecule has 3 aromatic rings. The molecule has 35 heavy (non-hydrogen) atoms. The molecule has 0 radical (unpaired) electrons. The number of carbonyl (C=O) groups excluding carboxylic acids is 2. The molecule has 6 nitrogen and oxygen atoms in total. The van der Waals surface area contributed by atoms with Gasteiger partial charge in [-0.05, 0) is 67.9 Å². The Hall–Kier alpha value is -3.12. The number of nitrogens with zero attached hydrogens (tertiary/aromatic N) is 2. The van der Waals surface area contributed by atoms with Crippen LogP contribution < -0.4 is 0 Å². The topological polar surface area (TPSA) is 65.6 Å². The Morgan fingerprint density at radius 3 is 2.51 bits per heavy atom. The van der Waals surface area contributed by atoms with E-state index in [0.29, 0.717) is 19.1 Å². The van der Waals surface area contributed by atoms with Gasteiger partial charge in [-0.15, -0.1) is 0 Å². The third-order valence-electron chi connectivity index (χ3n) is 7.87. The standard InChI is InChI=1S/C29H35N3O3/c1-31(28(33)23-12-17-35-18-13-23)27(19-21-5-3-2-4-6-21)22-10-15-32(16-11-22)29(34)25-7-8-26-24(20-25)9-14-30-26/h2-9,14,20,22-23,27,30H,10-13,15-19H2,1H3. The van der Waals surface area contributed by atoms with Crippen molar-refractivity contribution in [1.29, 1.82) is 0 Å². The number of rotatable bonds is 6. The molecule has 3 heterocycles. The number of benzene rings is 2. The van der Waals surface area contributed by atoms with E-state index in [2.05, 4.69) is 29.2 Å². The first kappa shape index (κ1) is 23.6. The summed E-state index contributed by atoms with van der Waals surface area (Å²) in [6.45, 7) is 2.78. The van der Waals surface area contributed by atoms with E-state index in [4.69, 9.17) is 4.74 Å². The molecule has 1 N–H and O–H groups in total.